The van der Waals surface area contributed by atoms with Gasteiger partial charge >= 0.3 is 0 Å². The maximum Gasteiger partial charge on any atom is 0.113 e. The first-order valence-electron chi connectivity index (χ1n) is 22.4. The average Bonchev–Trinajstić information content (AvgIpc) is 3.78. The predicted molar refractivity (Wildman–Crippen MR) is 267 cm³/mol. The molecule has 0 N–H and O–H groups in total. The van der Waals surface area contributed by atoms with Crippen LogP contribution in [0.3, 0.4) is 0 Å². The van der Waals surface area contributed by atoms with Gasteiger partial charge in [0.05, 0.1) is 22.1 Å². The first-order valence-corrected chi connectivity index (χ1v) is 25.4. The molecule has 2 nitrogen and oxygen atoms in total. The van der Waals surface area contributed by atoms with Crippen LogP contribution in [0.15, 0.2) is 206 Å². The molecular weight excluding hydrogens is 777 g/mol. The van der Waals surface area contributed by atoms with Gasteiger partial charge in [-0.1, -0.05) is 179 Å². The van der Waals surface area contributed by atoms with E-state index in [0.29, 0.717) is 0 Å². The molecule has 0 bridgehead atoms. The molecule has 3 heteroatoms. The van der Waals surface area contributed by atoms with Crippen molar-refractivity contribution in [2.45, 2.75) is 37.8 Å². The van der Waals surface area contributed by atoms with E-state index in [9.17, 15) is 0 Å². The zero-order valence-corrected chi connectivity index (χ0v) is 37.0. The van der Waals surface area contributed by atoms with Crippen LogP contribution in [0.2, 0.25) is 13.1 Å². The molecule has 0 radical (unpaired) electrons. The Hall–Kier alpha value is -7.20. The fraction of sp³-hybridized carbons (Fsp3) is 0.100. The minimum atomic E-state index is -2.14. The Bertz CT molecular complexity index is 3520. The number of nitrogens with zero attached hydrogens (tertiary/aromatic N) is 2. The second-order valence-corrected chi connectivity index (χ2v) is 23.2. The number of hydrogen-bond acceptors (Lipinski definition) is 1. The first kappa shape index (κ1) is 36.5. The van der Waals surface area contributed by atoms with E-state index in [1.54, 1.807) is 0 Å². The van der Waals surface area contributed by atoms with Crippen LogP contribution in [0.5, 0.6) is 0 Å². The average molecular weight is 823 g/mol. The lowest BCUT2D eigenvalue weighted by molar-refractivity contribution is 0.660. The van der Waals surface area contributed by atoms with E-state index in [1.165, 1.54) is 93.5 Å². The summed E-state index contributed by atoms with van der Waals surface area (Å²) >= 11 is 0. The zero-order chi connectivity index (χ0) is 42.2. The Morgan fingerprint density at radius 1 is 0.413 bits per heavy atom. The van der Waals surface area contributed by atoms with Crippen LogP contribution >= 0.6 is 0 Å². The second-order valence-electron chi connectivity index (χ2n) is 18.9. The highest BCUT2D eigenvalue weighted by Crippen LogP contribution is 2.56. The van der Waals surface area contributed by atoms with Gasteiger partial charge < -0.3 is 9.47 Å². The summed E-state index contributed by atoms with van der Waals surface area (Å²) in [6, 6.07) is 78.1. The van der Waals surface area contributed by atoms with Crippen molar-refractivity contribution in [3.05, 3.63) is 240 Å². The Morgan fingerprint density at radius 3 is 1.86 bits per heavy atom. The predicted octanol–water partition coefficient (Wildman–Crippen LogP) is 14.1. The molecule has 0 fully saturated rings. The van der Waals surface area contributed by atoms with E-state index in [-0.39, 0.29) is 5.41 Å². The molecule has 1 aromatic heterocycles. The van der Waals surface area contributed by atoms with Crippen LogP contribution in [0.25, 0.3) is 49.7 Å². The van der Waals surface area contributed by atoms with Crippen molar-refractivity contribution in [2.24, 2.45) is 0 Å². The fourth-order valence-electron chi connectivity index (χ4n) is 12.2. The van der Waals surface area contributed by atoms with Gasteiger partial charge in [-0.25, -0.2) is 0 Å². The van der Waals surface area contributed by atoms with Crippen LogP contribution in [0.1, 0.15) is 47.2 Å². The van der Waals surface area contributed by atoms with E-state index in [0.717, 1.165) is 17.1 Å². The molecule has 300 valence electrons. The lowest BCUT2D eigenvalue weighted by Crippen LogP contribution is -2.63. The number of benzene rings is 9. The molecule has 1 spiro atoms. The normalized spacial score (nSPS) is 16.9. The summed E-state index contributed by atoms with van der Waals surface area (Å²) in [6.45, 7) is 9.82. The van der Waals surface area contributed by atoms with Crippen molar-refractivity contribution >= 4 is 57.3 Å². The molecule has 10 aromatic rings. The second kappa shape index (κ2) is 12.9. The van der Waals surface area contributed by atoms with Gasteiger partial charge in [0.2, 0.25) is 0 Å². The Labute approximate surface area is 370 Å². The van der Waals surface area contributed by atoms with E-state index in [2.05, 4.69) is 243 Å². The van der Waals surface area contributed by atoms with Gasteiger partial charge in [-0.2, -0.15) is 0 Å². The smallest absolute Gasteiger partial charge is 0.113 e. The zero-order valence-electron chi connectivity index (χ0n) is 36.0. The summed E-state index contributed by atoms with van der Waals surface area (Å²) < 4.78 is 2.54. The monoisotopic (exact) mass is 822 g/mol. The summed E-state index contributed by atoms with van der Waals surface area (Å²) in [5.74, 6) is 0. The van der Waals surface area contributed by atoms with Gasteiger partial charge in [0, 0.05) is 33.2 Å². The van der Waals surface area contributed by atoms with Gasteiger partial charge in [0.15, 0.2) is 0 Å². The Morgan fingerprint density at radius 2 is 1.02 bits per heavy atom. The molecule has 63 heavy (non-hydrogen) atoms. The Balaban J connectivity index is 1.00. The highest BCUT2D eigenvalue weighted by molar-refractivity contribution is 7.01. The molecule has 9 aromatic carbocycles. The highest BCUT2D eigenvalue weighted by Gasteiger charge is 2.53. The number of anilines is 3. The quantitative estimate of drug-likeness (QED) is 0.161. The standard InChI is InChI=1S/C60H46N2Si/c1-59(2)48-22-10-8-19-44(48)45-35-34-43(38-52(45)59)61(41-17-6-5-7-18-41)42-32-29-39(30-33-42)40-31-36-57-53(37-40)60(50-24-12-15-28-56(50)63(57,3)4)49-23-11-14-27-55(49)62-54-26-13-9-20-46(54)47-21-16-25-51(60)58(47)62/h5-38H,1-4H3. The van der Waals surface area contributed by atoms with Gasteiger partial charge in [-0.3, -0.25) is 0 Å². The minimum Gasteiger partial charge on any atom is -0.310 e. The molecule has 1 aliphatic carbocycles. The molecule has 13 rings (SSSR count). The molecule has 3 heterocycles. The van der Waals surface area contributed by atoms with E-state index in [4.69, 9.17) is 0 Å². The van der Waals surface area contributed by atoms with Crippen LogP contribution in [-0.2, 0) is 10.8 Å². The summed E-state index contributed by atoms with van der Waals surface area (Å²) in [7, 11) is -2.14. The first-order chi connectivity index (χ1) is 30.8. The van der Waals surface area contributed by atoms with Crippen LogP contribution < -0.4 is 15.3 Å². The highest BCUT2D eigenvalue weighted by atomic mass is 28.3. The number of rotatable bonds is 4. The fourth-order valence-corrected chi connectivity index (χ4v) is 15.3. The molecule has 2 aliphatic heterocycles. The molecule has 0 saturated carbocycles. The van der Waals surface area contributed by atoms with Gasteiger partial charge in [0.1, 0.15) is 8.07 Å². The third kappa shape index (κ3) is 4.78. The molecule has 0 amide bonds. The summed E-state index contributed by atoms with van der Waals surface area (Å²) in [5, 5.41) is 5.64. The minimum absolute atomic E-state index is 0.0865. The van der Waals surface area contributed by atoms with Gasteiger partial charge in [-0.05, 0) is 121 Å². The van der Waals surface area contributed by atoms with Crippen molar-refractivity contribution < 1.29 is 0 Å². The topological polar surface area (TPSA) is 8.17 Å². The summed E-state index contributed by atoms with van der Waals surface area (Å²) in [5.41, 5.74) is 20.1. The third-order valence-electron chi connectivity index (χ3n) is 15.0. The Kier molecular flexibility index (Phi) is 7.47. The van der Waals surface area contributed by atoms with Crippen LogP contribution in [0.4, 0.5) is 17.1 Å². The molecule has 1 unspecified atom stereocenters. The number of para-hydroxylation sites is 4. The van der Waals surface area contributed by atoms with E-state index < -0.39 is 13.5 Å². The summed E-state index contributed by atoms with van der Waals surface area (Å²) in [4.78, 5) is 2.41. The largest absolute Gasteiger partial charge is 0.310 e. The lowest BCUT2D eigenvalue weighted by atomic mass is 9.62. The number of fused-ring (bicyclic) bond motifs is 14. The van der Waals surface area contributed by atoms with Crippen LogP contribution in [0, 0.1) is 0 Å². The maximum absolute atomic E-state index is 2.57. The van der Waals surface area contributed by atoms with Crippen molar-refractivity contribution in [3.63, 3.8) is 0 Å². The molecule has 1 atom stereocenters. The molecule has 3 aliphatic rings. The van der Waals surface area contributed by atoms with E-state index in [1.807, 2.05) is 0 Å². The van der Waals surface area contributed by atoms with E-state index >= 15 is 0 Å². The third-order valence-corrected chi connectivity index (χ3v) is 18.6. The van der Waals surface area contributed by atoms with Crippen molar-refractivity contribution in [3.8, 4) is 27.9 Å². The van der Waals surface area contributed by atoms with Crippen LogP contribution in [-0.4, -0.2) is 12.6 Å². The lowest BCUT2D eigenvalue weighted by Gasteiger charge is -2.49. The summed E-state index contributed by atoms with van der Waals surface area (Å²) in [6.07, 6.45) is 0. The SMILES string of the molecule is CC1(C)c2ccccc2-c2ccc(N(c3ccccc3)c3ccc(-c4ccc5c(c4)C4(c6ccccc6-n6c7ccccc7c7cccc4c76)c4ccccc4[Si]5(C)C)cc3)cc21. The van der Waals surface area contributed by atoms with Crippen molar-refractivity contribution in [2.75, 3.05) is 4.90 Å². The molecular formula is C60H46N2Si. The molecule has 0 saturated heterocycles. The van der Waals surface area contributed by atoms with Crippen molar-refractivity contribution in [1.82, 2.24) is 4.57 Å². The van der Waals surface area contributed by atoms with Crippen molar-refractivity contribution in [1.29, 1.82) is 0 Å². The number of hydrogen-bond donors (Lipinski definition) is 0. The number of aromatic nitrogens is 1. The van der Waals surface area contributed by atoms with Gasteiger partial charge in [-0.15, -0.1) is 0 Å². The maximum atomic E-state index is 2.57. The van der Waals surface area contributed by atoms with Gasteiger partial charge in [0.25, 0.3) is 0 Å².